The highest BCUT2D eigenvalue weighted by molar-refractivity contribution is 5.89. The minimum atomic E-state index is -1.24. The van der Waals surface area contributed by atoms with Gasteiger partial charge in [0.15, 0.2) is 0 Å². The number of carbonyl (C=O) groups excluding carboxylic acids is 1. The molecule has 0 spiro atoms. The highest BCUT2D eigenvalue weighted by atomic mass is 16.4. The smallest absolute Gasteiger partial charge is 0.314 e. The maximum absolute atomic E-state index is 13.9. The van der Waals surface area contributed by atoms with Crippen molar-refractivity contribution in [1.82, 2.24) is 9.80 Å². The standard InChI is InChI=1S/C23H32N2O4/c1-24-13-10-22(11-14-24,18-5-3-2-4-6-18)20(27)25-12-9-19(26)23(16-25,21(28)29)15-17-7-8-17/h2-6,17,19,26H,7-16H2,1H3,(H,28,29)/t19-,23-/m1/s1. The van der Waals surface area contributed by atoms with Gasteiger partial charge in [0.2, 0.25) is 5.91 Å². The van der Waals surface area contributed by atoms with Crippen molar-refractivity contribution in [2.24, 2.45) is 11.3 Å². The van der Waals surface area contributed by atoms with E-state index in [1.807, 2.05) is 30.3 Å². The second-order valence-corrected chi connectivity index (χ2v) is 9.39. The molecule has 6 heteroatoms. The molecule has 1 aromatic rings. The average Bonchev–Trinajstić information content (AvgIpc) is 3.54. The normalized spacial score (nSPS) is 30.1. The van der Waals surface area contributed by atoms with E-state index in [4.69, 9.17) is 0 Å². The Morgan fingerprint density at radius 1 is 1.07 bits per heavy atom. The van der Waals surface area contributed by atoms with Gasteiger partial charge >= 0.3 is 5.97 Å². The predicted molar refractivity (Wildman–Crippen MR) is 109 cm³/mol. The molecule has 6 nitrogen and oxygen atoms in total. The van der Waals surface area contributed by atoms with Gasteiger partial charge in [-0.25, -0.2) is 0 Å². The first-order valence-corrected chi connectivity index (χ1v) is 10.8. The number of carboxylic acids is 1. The van der Waals surface area contributed by atoms with Gasteiger partial charge in [-0.05, 0) is 57.3 Å². The fraction of sp³-hybridized carbons (Fsp3) is 0.652. The summed E-state index contributed by atoms with van der Waals surface area (Å²) >= 11 is 0. The summed E-state index contributed by atoms with van der Waals surface area (Å²) in [4.78, 5) is 30.2. The van der Waals surface area contributed by atoms with Crippen molar-refractivity contribution >= 4 is 11.9 Å². The van der Waals surface area contributed by atoms with Crippen molar-refractivity contribution in [3.8, 4) is 0 Å². The topological polar surface area (TPSA) is 81.1 Å². The highest BCUT2D eigenvalue weighted by Gasteiger charge is 2.54. The van der Waals surface area contributed by atoms with Crippen LogP contribution >= 0.6 is 0 Å². The molecule has 1 aliphatic carbocycles. The zero-order chi connectivity index (χ0) is 20.6. The summed E-state index contributed by atoms with van der Waals surface area (Å²) in [7, 11) is 2.07. The Morgan fingerprint density at radius 2 is 1.72 bits per heavy atom. The second kappa shape index (κ2) is 7.73. The number of hydrogen-bond acceptors (Lipinski definition) is 4. The summed E-state index contributed by atoms with van der Waals surface area (Å²) in [6.07, 6.45) is 3.41. The Balaban J connectivity index is 1.64. The van der Waals surface area contributed by atoms with Crippen LogP contribution in [0.15, 0.2) is 30.3 Å². The molecule has 0 bridgehead atoms. The molecule has 2 N–H and O–H groups in total. The van der Waals surface area contributed by atoms with Crippen LogP contribution in [-0.2, 0) is 15.0 Å². The van der Waals surface area contributed by atoms with Gasteiger partial charge in [0.25, 0.3) is 0 Å². The minimum Gasteiger partial charge on any atom is -0.481 e. The number of nitrogens with zero attached hydrogens (tertiary/aromatic N) is 2. The lowest BCUT2D eigenvalue weighted by Gasteiger charge is -2.48. The molecule has 2 atom stereocenters. The third-order valence-electron chi connectivity index (χ3n) is 7.42. The summed E-state index contributed by atoms with van der Waals surface area (Å²) in [5.41, 5.74) is -0.828. The van der Waals surface area contributed by atoms with Crippen molar-refractivity contribution in [1.29, 1.82) is 0 Å². The highest BCUT2D eigenvalue weighted by Crippen LogP contribution is 2.46. The van der Waals surface area contributed by atoms with E-state index in [-0.39, 0.29) is 12.5 Å². The molecule has 2 saturated heterocycles. The molecular formula is C23H32N2O4. The van der Waals surface area contributed by atoms with Gasteiger partial charge in [-0.2, -0.15) is 0 Å². The van der Waals surface area contributed by atoms with Gasteiger partial charge in [-0.15, -0.1) is 0 Å². The van der Waals surface area contributed by atoms with Crippen molar-refractivity contribution in [2.45, 2.75) is 50.0 Å². The Labute approximate surface area is 172 Å². The van der Waals surface area contributed by atoms with Crippen LogP contribution in [0.5, 0.6) is 0 Å². The van der Waals surface area contributed by atoms with E-state index < -0.39 is 22.9 Å². The van der Waals surface area contributed by atoms with Crippen LogP contribution in [0.1, 0.15) is 44.1 Å². The van der Waals surface area contributed by atoms with Crippen molar-refractivity contribution in [3.63, 3.8) is 0 Å². The lowest BCUT2D eigenvalue weighted by Crippen LogP contribution is -2.61. The van der Waals surface area contributed by atoms with Crippen molar-refractivity contribution in [3.05, 3.63) is 35.9 Å². The zero-order valence-corrected chi connectivity index (χ0v) is 17.2. The number of aliphatic hydroxyl groups is 1. The monoisotopic (exact) mass is 400 g/mol. The molecule has 4 rings (SSSR count). The van der Waals surface area contributed by atoms with E-state index in [2.05, 4.69) is 11.9 Å². The van der Waals surface area contributed by atoms with E-state index in [1.54, 1.807) is 4.90 Å². The number of aliphatic hydroxyl groups excluding tert-OH is 1. The number of rotatable bonds is 5. The third kappa shape index (κ3) is 3.68. The molecule has 1 amide bonds. The molecule has 0 unspecified atom stereocenters. The van der Waals surface area contributed by atoms with Crippen LogP contribution in [0.2, 0.25) is 0 Å². The molecule has 3 fully saturated rings. The summed E-state index contributed by atoms with van der Waals surface area (Å²) in [6, 6.07) is 9.95. The van der Waals surface area contributed by atoms with Gasteiger partial charge in [0, 0.05) is 13.1 Å². The lowest BCUT2D eigenvalue weighted by atomic mass is 9.69. The van der Waals surface area contributed by atoms with Crippen LogP contribution in [0, 0.1) is 11.3 Å². The Kier molecular flexibility index (Phi) is 5.42. The largest absolute Gasteiger partial charge is 0.481 e. The molecule has 0 radical (unpaired) electrons. The number of amides is 1. The van der Waals surface area contributed by atoms with E-state index >= 15 is 0 Å². The first-order valence-electron chi connectivity index (χ1n) is 10.8. The fourth-order valence-corrected chi connectivity index (χ4v) is 5.27. The van der Waals surface area contributed by atoms with E-state index in [1.165, 1.54) is 0 Å². The Morgan fingerprint density at radius 3 is 2.31 bits per heavy atom. The van der Waals surface area contributed by atoms with Crippen molar-refractivity contribution < 1.29 is 19.8 Å². The number of hydrogen-bond donors (Lipinski definition) is 2. The SMILES string of the molecule is CN1CCC(C(=O)N2CC[C@@H](O)[C@](CC3CC3)(C(=O)O)C2)(c2ccccc2)CC1. The first-order chi connectivity index (χ1) is 13.9. The van der Waals surface area contributed by atoms with Gasteiger partial charge < -0.3 is 20.0 Å². The number of carboxylic acid groups (broad SMARTS) is 1. The molecule has 29 heavy (non-hydrogen) atoms. The number of benzene rings is 1. The molecule has 0 aromatic heterocycles. The molecule has 2 heterocycles. The number of carbonyl (C=O) groups is 2. The van der Waals surface area contributed by atoms with Crippen LogP contribution in [0.4, 0.5) is 0 Å². The molecular weight excluding hydrogens is 368 g/mol. The maximum atomic E-state index is 13.9. The van der Waals surface area contributed by atoms with Crippen molar-refractivity contribution in [2.75, 3.05) is 33.2 Å². The Bertz CT molecular complexity index is 755. The van der Waals surface area contributed by atoms with Gasteiger partial charge in [-0.1, -0.05) is 43.2 Å². The molecule has 158 valence electrons. The number of likely N-dealkylation sites (tertiary alicyclic amines) is 2. The first kappa shape index (κ1) is 20.4. The van der Waals surface area contributed by atoms with Gasteiger partial charge in [-0.3, -0.25) is 9.59 Å². The van der Waals surface area contributed by atoms with E-state index in [0.717, 1.165) is 44.3 Å². The van der Waals surface area contributed by atoms with E-state index in [9.17, 15) is 19.8 Å². The molecule has 2 aliphatic heterocycles. The van der Waals surface area contributed by atoms with Crippen LogP contribution < -0.4 is 0 Å². The van der Waals surface area contributed by atoms with Crippen LogP contribution in [0.3, 0.4) is 0 Å². The molecule has 3 aliphatic rings. The fourth-order valence-electron chi connectivity index (χ4n) is 5.27. The predicted octanol–water partition coefficient (Wildman–Crippen LogP) is 2.11. The summed E-state index contributed by atoms with van der Waals surface area (Å²) in [5.74, 6) is -0.570. The Hall–Kier alpha value is -1.92. The summed E-state index contributed by atoms with van der Waals surface area (Å²) in [6.45, 7) is 2.21. The molecule has 1 saturated carbocycles. The average molecular weight is 401 g/mol. The van der Waals surface area contributed by atoms with Gasteiger partial charge in [0.1, 0.15) is 5.41 Å². The number of aliphatic carboxylic acids is 1. The summed E-state index contributed by atoms with van der Waals surface area (Å²) < 4.78 is 0. The number of piperidine rings is 2. The maximum Gasteiger partial charge on any atom is 0.314 e. The third-order valence-corrected chi connectivity index (χ3v) is 7.42. The lowest BCUT2D eigenvalue weighted by molar-refractivity contribution is -0.169. The van der Waals surface area contributed by atoms with Crippen LogP contribution in [0.25, 0.3) is 0 Å². The quantitative estimate of drug-likeness (QED) is 0.791. The molecule has 1 aromatic carbocycles. The summed E-state index contributed by atoms with van der Waals surface area (Å²) in [5, 5.41) is 20.7. The van der Waals surface area contributed by atoms with E-state index in [0.29, 0.717) is 25.3 Å². The van der Waals surface area contributed by atoms with Crippen LogP contribution in [-0.4, -0.2) is 71.2 Å². The second-order valence-electron chi connectivity index (χ2n) is 9.39. The van der Waals surface area contributed by atoms with Gasteiger partial charge in [0.05, 0.1) is 11.5 Å². The zero-order valence-electron chi connectivity index (χ0n) is 17.2. The minimum absolute atomic E-state index is 0.0325.